The summed E-state index contributed by atoms with van der Waals surface area (Å²) in [5.41, 5.74) is 4.44. The molecule has 0 bridgehead atoms. The highest BCUT2D eigenvalue weighted by atomic mass is 16.5. The fourth-order valence-electron chi connectivity index (χ4n) is 4.96. The van der Waals surface area contributed by atoms with Crippen LogP contribution >= 0.6 is 0 Å². The molecule has 0 unspecified atom stereocenters. The van der Waals surface area contributed by atoms with E-state index in [1.165, 1.54) is 23.2 Å². The Balaban J connectivity index is 1.42. The number of carbonyl (C=O) groups excluding carboxylic acids is 2. The Hall–Kier alpha value is -3.06. The Kier molecular flexibility index (Phi) is 8.06. The van der Waals surface area contributed by atoms with Crippen LogP contribution in [0.4, 0.5) is 11.4 Å². The molecule has 2 aromatic carbocycles. The smallest absolute Gasteiger partial charge is 0.313 e. The molecule has 2 aliphatic heterocycles. The van der Waals surface area contributed by atoms with Crippen LogP contribution in [-0.2, 0) is 16.0 Å². The Labute approximate surface area is 202 Å². The Bertz CT molecular complexity index is 986. The van der Waals surface area contributed by atoms with E-state index in [4.69, 9.17) is 4.74 Å². The van der Waals surface area contributed by atoms with Crippen LogP contribution in [0, 0.1) is 0 Å². The van der Waals surface area contributed by atoms with Crippen LogP contribution in [0.1, 0.15) is 49.8 Å². The SMILES string of the molecule is CCOc1ccc(NC(=O)C(=O)NC[C@@H](c2ccc3c(c2)CCCN3C)N2CCCCC2)cc1. The van der Waals surface area contributed by atoms with Crippen molar-refractivity contribution in [2.24, 2.45) is 0 Å². The Morgan fingerprint density at radius 3 is 2.47 bits per heavy atom. The summed E-state index contributed by atoms with van der Waals surface area (Å²) in [5, 5.41) is 5.57. The van der Waals surface area contributed by atoms with Gasteiger partial charge in [-0.3, -0.25) is 14.5 Å². The molecule has 7 nitrogen and oxygen atoms in total. The Morgan fingerprint density at radius 2 is 1.74 bits per heavy atom. The van der Waals surface area contributed by atoms with Crippen molar-refractivity contribution in [3.05, 3.63) is 53.6 Å². The van der Waals surface area contributed by atoms with Crippen LogP contribution in [-0.4, -0.2) is 56.5 Å². The minimum Gasteiger partial charge on any atom is -0.494 e. The molecule has 34 heavy (non-hydrogen) atoms. The van der Waals surface area contributed by atoms with Gasteiger partial charge in [0.15, 0.2) is 0 Å². The molecule has 0 radical (unpaired) electrons. The number of fused-ring (bicyclic) bond motifs is 1. The molecule has 1 fully saturated rings. The van der Waals surface area contributed by atoms with Crippen LogP contribution in [0.5, 0.6) is 5.75 Å². The first kappa shape index (κ1) is 24.1. The molecule has 0 saturated carbocycles. The number of hydrogen-bond donors (Lipinski definition) is 2. The molecule has 0 spiro atoms. The largest absolute Gasteiger partial charge is 0.494 e. The first-order valence-corrected chi connectivity index (χ1v) is 12.4. The molecule has 2 heterocycles. The summed E-state index contributed by atoms with van der Waals surface area (Å²) in [6, 6.07) is 13.8. The van der Waals surface area contributed by atoms with Gasteiger partial charge in [0.1, 0.15) is 5.75 Å². The van der Waals surface area contributed by atoms with E-state index in [1.807, 2.05) is 6.92 Å². The molecule has 0 aliphatic carbocycles. The molecule has 2 aromatic rings. The van der Waals surface area contributed by atoms with Crippen molar-refractivity contribution in [2.75, 3.05) is 50.1 Å². The highest BCUT2D eigenvalue weighted by molar-refractivity contribution is 6.39. The zero-order valence-electron chi connectivity index (χ0n) is 20.3. The average molecular weight is 465 g/mol. The maximum Gasteiger partial charge on any atom is 0.313 e. The summed E-state index contributed by atoms with van der Waals surface area (Å²) in [6.45, 7) is 6.00. The molecule has 2 amide bonds. The molecule has 1 atom stereocenters. The molecule has 7 heteroatoms. The lowest BCUT2D eigenvalue weighted by Gasteiger charge is -2.36. The molecule has 1 saturated heterocycles. The second-order valence-electron chi connectivity index (χ2n) is 9.15. The van der Waals surface area contributed by atoms with E-state index < -0.39 is 11.8 Å². The number of nitrogens with zero attached hydrogens (tertiary/aromatic N) is 2. The highest BCUT2D eigenvalue weighted by Crippen LogP contribution is 2.31. The van der Waals surface area contributed by atoms with Gasteiger partial charge in [-0.15, -0.1) is 0 Å². The Morgan fingerprint density at radius 1 is 0.971 bits per heavy atom. The van der Waals surface area contributed by atoms with E-state index in [1.54, 1.807) is 24.3 Å². The van der Waals surface area contributed by atoms with Crippen LogP contribution in [0.2, 0.25) is 0 Å². The second-order valence-corrected chi connectivity index (χ2v) is 9.15. The van der Waals surface area contributed by atoms with Gasteiger partial charge < -0.3 is 20.3 Å². The van der Waals surface area contributed by atoms with Crippen molar-refractivity contribution < 1.29 is 14.3 Å². The van der Waals surface area contributed by atoms with Gasteiger partial charge in [-0.05, 0) is 87.2 Å². The van der Waals surface area contributed by atoms with Gasteiger partial charge in [0.2, 0.25) is 0 Å². The predicted octanol–water partition coefficient (Wildman–Crippen LogP) is 3.75. The third-order valence-corrected chi connectivity index (χ3v) is 6.76. The summed E-state index contributed by atoms with van der Waals surface area (Å²) >= 11 is 0. The maximum absolute atomic E-state index is 12.6. The maximum atomic E-state index is 12.6. The molecule has 0 aromatic heterocycles. The van der Waals surface area contributed by atoms with Crippen molar-refractivity contribution in [2.45, 2.75) is 45.1 Å². The number of nitrogens with one attached hydrogen (secondary N) is 2. The number of ether oxygens (including phenoxy) is 1. The second kappa shape index (κ2) is 11.4. The van der Waals surface area contributed by atoms with E-state index in [9.17, 15) is 9.59 Å². The van der Waals surface area contributed by atoms with Crippen molar-refractivity contribution in [1.82, 2.24) is 10.2 Å². The van der Waals surface area contributed by atoms with Gasteiger partial charge >= 0.3 is 11.8 Å². The minimum atomic E-state index is -0.659. The molecule has 2 aliphatic rings. The average Bonchev–Trinajstić information content (AvgIpc) is 2.86. The van der Waals surface area contributed by atoms with Gasteiger partial charge in [0.25, 0.3) is 0 Å². The number of hydrogen-bond acceptors (Lipinski definition) is 5. The molecule has 182 valence electrons. The molecular weight excluding hydrogens is 428 g/mol. The number of piperidine rings is 1. The van der Waals surface area contributed by atoms with E-state index in [0.717, 1.165) is 51.1 Å². The number of anilines is 2. The quantitative estimate of drug-likeness (QED) is 0.611. The van der Waals surface area contributed by atoms with Crippen LogP contribution in [0.3, 0.4) is 0 Å². The summed E-state index contributed by atoms with van der Waals surface area (Å²) in [7, 11) is 2.14. The molecular formula is C27H36N4O3. The van der Waals surface area contributed by atoms with Gasteiger partial charge in [-0.25, -0.2) is 0 Å². The van der Waals surface area contributed by atoms with Crippen LogP contribution in [0.15, 0.2) is 42.5 Å². The summed E-state index contributed by atoms with van der Waals surface area (Å²) in [6.07, 6.45) is 5.81. The topological polar surface area (TPSA) is 73.9 Å². The number of carbonyl (C=O) groups is 2. The number of amides is 2. The highest BCUT2D eigenvalue weighted by Gasteiger charge is 2.26. The van der Waals surface area contributed by atoms with Gasteiger partial charge in [-0.2, -0.15) is 0 Å². The summed E-state index contributed by atoms with van der Waals surface area (Å²) < 4.78 is 5.42. The third-order valence-electron chi connectivity index (χ3n) is 6.76. The summed E-state index contributed by atoms with van der Waals surface area (Å²) in [5.74, 6) is -0.548. The van der Waals surface area contributed by atoms with E-state index >= 15 is 0 Å². The van der Waals surface area contributed by atoms with E-state index in [2.05, 4.69) is 45.7 Å². The fourth-order valence-corrected chi connectivity index (χ4v) is 4.96. The lowest BCUT2D eigenvalue weighted by atomic mass is 9.95. The van der Waals surface area contributed by atoms with Crippen molar-refractivity contribution in [1.29, 1.82) is 0 Å². The van der Waals surface area contributed by atoms with Gasteiger partial charge in [0, 0.05) is 31.5 Å². The van der Waals surface area contributed by atoms with Crippen LogP contribution in [0.25, 0.3) is 0 Å². The zero-order valence-corrected chi connectivity index (χ0v) is 20.3. The number of aryl methyl sites for hydroxylation is 1. The lowest BCUT2D eigenvalue weighted by Crippen LogP contribution is -2.43. The van der Waals surface area contributed by atoms with Crippen molar-refractivity contribution in [3.63, 3.8) is 0 Å². The van der Waals surface area contributed by atoms with Crippen molar-refractivity contribution in [3.8, 4) is 5.75 Å². The van der Waals surface area contributed by atoms with E-state index in [-0.39, 0.29) is 6.04 Å². The zero-order chi connectivity index (χ0) is 23.9. The first-order chi connectivity index (χ1) is 16.5. The minimum absolute atomic E-state index is 0.0556. The third kappa shape index (κ3) is 5.89. The predicted molar refractivity (Wildman–Crippen MR) is 135 cm³/mol. The summed E-state index contributed by atoms with van der Waals surface area (Å²) in [4.78, 5) is 29.9. The lowest BCUT2D eigenvalue weighted by molar-refractivity contribution is -0.136. The number of rotatable bonds is 7. The van der Waals surface area contributed by atoms with E-state index in [0.29, 0.717) is 18.8 Å². The fraction of sp³-hybridized carbons (Fsp3) is 0.481. The van der Waals surface area contributed by atoms with Crippen LogP contribution < -0.4 is 20.3 Å². The molecule has 4 rings (SSSR count). The molecule has 2 N–H and O–H groups in total. The first-order valence-electron chi connectivity index (χ1n) is 12.4. The standard InChI is InChI=1S/C27H36N4O3/c1-3-34-23-12-10-22(11-13-23)29-27(33)26(32)28-19-25(31-16-5-4-6-17-31)21-9-14-24-20(18-21)8-7-15-30(24)2/h9-14,18,25H,3-8,15-17,19H2,1-2H3,(H,28,32)(H,29,33)/t25-/m0/s1. The number of benzene rings is 2. The number of likely N-dealkylation sites (tertiary alicyclic amines) is 1. The normalized spacial score (nSPS) is 16.9. The van der Waals surface area contributed by atoms with Gasteiger partial charge in [0.05, 0.1) is 12.6 Å². The van der Waals surface area contributed by atoms with Crippen molar-refractivity contribution >= 4 is 23.2 Å². The monoisotopic (exact) mass is 464 g/mol. The van der Waals surface area contributed by atoms with Gasteiger partial charge in [-0.1, -0.05) is 18.6 Å².